The van der Waals surface area contributed by atoms with Crippen LogP contribution < -0.4 is 0 Å². The number of hydrogen-bond acceptors (Lipinski definition) is 7. The third kappa shape index (κ3) is 5.06. The van der Waals surface area contributed by atoms with Gasteiger partial charge in [-0.25, -0.2) is 4.79 Å². The van der Waals surface area contributed by atoms with Crippen molar-refractivity contribution in [2.75, 3.05) is 38.5 Å². The van der Waals surface area contributed by atoms with Gasteiger partial charge in [0.25, 0.3) is 0 Å². The highest BCUT2D eigenvalue weighted by Crippen LogP contribution is 2.35. The average Bonchev–Trinajstić information content (AvgIpc) is 3.48. The van der Waals surface area contributed by atoms with Crippen LogP contribution in [0.5, 0.6) is 0 Å². The summed E-state index contributed by atoms with van der Waals surface area (Å²) in [6, 6.07) is 4.07. The number of carbonyl (C=O) groups excluding carboxylic acids is 2. The third-order valence-corrected chi connectivity index (χ3v) is 6.76. The molecule has 1 aliphatic carbocycles. The van der Waals surface area contributed by atoms with E-state index in [4.69, 9.17) is 9.15 Å². The number of hydrogen-bond donors (Lipinski definition) is 0. The minimum atomic E-state index is -0.310. The van der Waals surface area contributed by atoms with Crippen LogP contribution in [-0.4, -0.2) is 75.1 Å². The Morgan fingerprint density at radius 2 is 1.87 bits per heavy atom. The van der Waals surface area contributed by atoms with Gasteiger partial charge >= 0.3 is 6.09 Å². The minimum Gasteiger partial charge on any atom is -0.461 e. The fourth-order valence-corrected chi connectivity index (χ4v) is 5.10. The molecule has 2 aromatic rings. The van der Waals surface area contributed by atoms with Crippen molar-refractivity contribution in [2.45, 2.75) is 50.2 Å². The van der Waals surface area contributed by atoms with Crippen molar-refractivity contribution in [3.8, 4) is 11.6 Å². The first kappa shape index (κ1) is 21.7. The van der Waals surface area contributed by atoms with Crippen molar-refractivity contribution in [2.24, 2.45) is 0 Å². The topological polar surface area (TPSA) is 93.7 Å². The Morgan fingerprint density at radius 1 is 1.13 bits per heavy atom. The number of furan rings is 1. The molecule has 9 nitrogen and oxygen atoms in total. The van der Waals surface area contributed by atoms with E-state index in [0.29, 0.717) is 50.3 Å². The summed E-state index contributed by atoms with van der Waals surface area (Å²) < 4.78 is 12.8. The number of thioether (sulfide) groups is 1. The standard InChI is InChI=1S/C21H29N5O4S/c1-2-29-21(28)25-12-10-24(11-13-25)18(27)15-31-20-23-22-19(17-9-6-14-30-17)26(20)16-7-4-3-5-8-16/h6,9,14,16H,2-5,7-8,10-13,15H2,1H3. The molecule has 10 heteroatoms. The van der Waals surface area contributed by atoms with Crippen LogP contribution in [0, 0.1) is 0 Å². The molecule has 1 aliphatic heterocycles. The summed E-state index contributed by atoms with van der Waals surface area (Å²) in [5.74, 6) is 1.77. The van der Waals surface area contributed by atoms with Crippen LogP contribution in [-0.2, 0) is 9.53 Å². The molecule has 2 fully saturated rings. The Balaban J connectivity index is 1.39. The average molecular weight is 448 g/mol. The van der Waals surface area contributed by atoms with Gasteiger partial charge < -0.3 is 19.0 Å². The molecule has 31 heavy (non-hydrogen) atoms. The number of aromatic nitrogens is 3. The monoisotopic (exact) mass is 447 g/mol. The van der Waals surface area contributed by atoms with Gasteiger partial charge in [-0.2, -0.15) is 0 Å². The summed E-state index contributed by atoms with van der Waals surface area (Å²) in [6.07, 6.45) is 7.14. The molecule has 0 aromatic carbocycles. The smallest absolute Gasteiger partial charge is 0.409 e. The van der Waals surface area contributed by atoms with Gasteiger partial charge in [-0.3, -0.25) is 9.36 Å². The normalized spacial score (nSPS) is 17.7. The van der Waals surface area contributed by atoms with E-state index in [9.17, 15) is 9.59 Å². The molecule has 4 rings (SSSR count). The zero-order valence-electron chi connectivity index (χ0n) is 17.9. The summed E-state index contributed by atoms with van der Waals surface area (Å²) in [6.45, 7) is 4.18. The summed E-state index contributed by atoms with van der Waals surface area (Å²) in [4.78, 5) is 28.1. The number of piperazine rings is 1. The summed E-state index contributed by atoms with van der Waals surface area (Å²) in [5.41, 5.74) is 0. The lowest BCUT2D eigenvalue weighted by atomic mass is 9.95. The number of amides is 2. The van der Waals surface area contributed by atoms with Crippen molar-refractivity contribution < 1.29 is 18.7 Å². The van der Waals surface area contributed by atoms with Crippen LogP contribution in [0.1, 0.15) is 45.1 Å². The SMILES string of the molecule is CCOC(=O)N1CCN(C(=O)CSc2nnc(-c3ccco3)n2C2CCCCC2)CC1. The van der Waals surface area contributed by atoms with Gasteiger partial charge in [0.15, 0.2) is 10.9 Å². The number of ether oxygens (including phenoxy) is 1. The van der Waals surface area contributed by atoms with E-state index >= 15 is 0 Å². The van der Waals surface area contributed by atoms with Gasteiger partial charge in [0, 0.05) is 32.2 Å². The second kappa shape index (κ2) is 10.2. The number of nitrogens with zero attached hydrogens (tertiary/aromatic N) is 5. The van der Waals surface area contributed by atoms with Crippen molar-refractivity contribution in [3.63, 3.8) is 0 Å². The predicted octanol–water partition coefficient (Wildman–Crippen LogP) is 3.44. The lowest BCUT2D eigenvalue weighted by molar-refractivity contribution is -0.129. The van der Waals surface area contributed by atoms with E-state index in [2.05, 4.69) is 14.8 Å². The quantitative estimate of drug-likeness (QED) is 0.626. The Labute approximate surface area is 186 Å². The van der Waals surface area contributed by atoms with Crippen LogP contribution >= 0.6 is 11.8 Å². The fourth-order valence-electron chi connectivity index (χ4n) is 4.19. The first-order valence-corrected chi connectivity index (χ1v) is 12.0. The lowest BCUT2D eigenvalue weighted by Gasteiger charge is -2.34. The summed E-state index contributed by atoms with van der Waals surface area (Å²) >= 11 is 1.43. The zero-order chi connectivity index (χ0) is 21.6. The molecular weight excluding hydrogens is 418 g/mol. The molecule has 3 heterocycles. The first-order chi connectivity index (χ1) is 15.2. The molecule has 2 aliphatic rings. The Kier molecular flexibility index (Phi) is 7.16. The maximum Gasteiger partial charge on any atom is 0.409 e. The third-order valence-electron chi connectivity index (χ3n) is 5.83. The van der Waals surface area contributed by atoms with Gasteiger partial charge in [0.05, 0.1) is 18.6 Å². The van der Waals surface area contributed by atoms with Crippen molar-refractivity contribution >= 4 is 23.8 Å². The molecular formula is C21H29N5O4S. The number of rotatable bonds is 6. The van der Waals surface area contributed by atoms with Crippen LogP contribution in [0.15, 0.2) is 28.0 Å². The van der Waals surface area contributed by atoms with Crippen molar-refractivity contribution in [3.05, 3.63) is 18.4 Å². The highest BCUT2D eigenvalue weighted by atomic mass is 32.2. The van der Waals surface area contributed by atoms with Crippen LogP contribution in [0.2, 0.25) is 0 Å². The van der Waals surface area contributed by atoms with E-state index in [0.717, 1.165) is 23.8 Å². The molecule has 2 aromatic heterocycles. The fraction of sp³-hybridized carbons (Fsp3) is 0.619. The Bertz CT molecular complexity index is 870. The van der Waals surface area contributed by atoms with Gasteiger partial charge in [0.1, 0.15) is 0 Å². The molecule has 0 spiro atoms. The van der Waals surface area contributed by atoms with Gasteiger partial charge in [-0.1, -0.05) is 31.0 Å². The predicted molar refractivity (Wildman–Crippen MR) is 116 cm³/mol. The molecule has 0 bridgehead atoms. The van der Waals surface area contributed by atoms with Gasteiger partial charge in [-0.05, 0) is 31.9 Å². The van der Waals surface area contributed by atoms with Crippen LogP contribution in [0.25, 0.3) is 11.6 Å². The summed E-state index contributed by atoms with van der Waals surface area (Å²) in [5, 5.41) is 9.54. The van der Waals surface area contributed by atoms with E-state index in [1.807, 2.05) is 12.1 Å². The molecule has 1 saturated carbocycles. The second-order valence-electron chi connectivity index (χ2n) is 7.80. The molecule has 0 N–H and O–H groups in total. The number of carbonyl (C=O) groups is 2. The van der Waals surface area contributed by atoms with Crippen molar-refractivity contribution in [1.82, 2.24) is 24.6 Å². The maximum absolute atomic E-state index is 12.8. The minimum absolute atomic E-state index is 0.0475. The van der Waals surface area contributed by atoms with Crippen LogP contribution in [0.3, 0.4) is 0 Å². The highest BCUT2D eigenvalue weighted by molar-refractivity contribution is 7.99. The maximum atomic E-state index is 12.8. The van der Waals surface area contributed by atoms with Gasteiger partial charge in [-0.15, -0.1) is 10.2 Å². The Morgan fingerprint density at radius 3 is 2.55 bits per heavy atom. The summed E-state index contributed by atoms with van der Waals surface area (Å²) in [7, 11) is 0. The second-order valence-corrected chi connectivity index (χ2v) is 8.74. The molecule has 2 amide bonds. The molecule has 0 atom stereocenters. The first-order valence-electron chi connectivity index (χ1n) is 11.0. The Hall–Kier alpha value is -2.49. The van der Waals surface area contributed by atoms with Crippen LogP contribution in [0.4, 0.5) is 4.79 Å². The highest BCUT2D eigenvalue weighted by Gasteiger charge is 2.28. The van der Waals surface area contributed by atoms with Gasteiger partial charge in [0.2, 0.25) is 11.7 Å². The molecule has 168 valence electrons. The van der Waals surface area contributed by atoms with Crippen molar-refractivity contribution in [1.29, 1.82) is 0 Å². The van der Waals surface area contributed by atoms with E-state index in [1.165, 1.54) is 31.0 Å². The largest absolute Gasteiger partial charge is 0.461 e. The zero-order valence-corrected chi connectivity index (χ0v) is 18.7. The molecule has 0 radical (unpaired) electrons. The molecule has 1 saturated heterocycles. The van der Waals surface area contributed by atoms with E-state index in [-0.39, 0.29) is 12.0 Å². The van der Waals surface area contributed by atoms with E-state index in [1.54, 1.807) is 23.0 Å². The molecule has 0 unspecified atom stereocenters. The lowest BCUT2D eigenvalue weighted by Crippen LogP contribution is -2.51. The van der Waals surface area contributed by atoms with E-state index < -0.39 is 0 Å².